The molecule has 0 radical (unpaired) electrons. The molecular formula is C14H18O2. The zero-order valence-corrected chi connectivity index (χ0v) is 9.90. The second-order valence-electron chi connectivity index (χ2n) is 3.53. The minimum atomic E-state index is -0.258. The third kappa shape index (κ3) is 3.89. The maximum Gasteiger partial charge on any atom is 0.338 e. The topological polar surface area (TPSA) is 26.3 Å². The van der Waals surface area contributed by atoms with Gasteiger partial charge in [0.2, 0.25) is 0 Å². The number of esters is 1. The number of carbonyl (C=O) groups is 1. The first-order chi connectivity index (χ1) is 7.77. The highest BCUT2D eigenvalue weighted by atomic mass is 16.5. The van der Waals surface area contributed by atoms with Crippen molar-refractivity contribution in [1.29, 1.82) is 0 Å². The lowest BCUT2D eigenvalue weighted by Gasteiger charge is -2.01. The molecule has 0 saturated heterocycles. The van der Waals surface area contributed by atoms with Crippen LogP contribution < -0.4 is 0 Å². The largest absolute Gasteiger partial charge is 0.462 e. The van der Waals surface area contributed by atoms with Gasteiger partial charge < -0.3 is 4.74 Å². The maximum atomic E-state index is 11.4. The molecule has 2 heteroatoms. The summed E-state index contributed by atoms with van der Waals surface area (Å²) < 4.78 is 4.91. The Morgan fingerprint density at radius 3 is 2.50 bits per heavy atom. The van der Waals surface area contributed by atoms with E-state index in [2.05, 4.69) is 19.1 Å². The van der Waals surface area contributed by atoms with Gasteiger partial charge in [-0.2, -0.15) is 0 Å². The molecule has 0 amide bonds. The Hall–Kier alpha value is -1.57. The van der Waals surface area contributed by atoms with Crippen LogP contribution in [0.1, 0.15) is 42.6 Å². The predicted molar refractivity (Wildman–Crippen MR) is 66.3 cm³/mol. The van der Waals surface area contributed by atoms with Crippen LogP contribution in [0.5, 0.6) is 0 Å². The zero-order valence-electron chi connectivity index (χ0n) is 9.90. The van der Waals surface area contributed by atoms with Gasteiger partial charge >= 0.3 is 5.97 Å². The summed E-state index contributed by atoms with van der Waals surface area (Å²) in [4.78, 5) is 11.4. The van der Waals surface area contributed by atoms with Gasteiger partial charge in [0.05, 0.1) is 12.2 Å². The summed E-state index contributed by atoms with van der Waals surface area (Å²) in [5, 5.41) is 0. The smallest absolute Gasteiger partial charge is 0.338 e. The van der Waals surface area contributed by atoms with E-state index >= 15 is 0 Å². The average molecular weight is 218 g/mol. The second kappa shape index (κ2) is 6.83. The van der Waals surface area contributed by atoms with Crippen molar-refractivity contribution in [3.63, 3.8) is 0 Å². The molecular weight excluding hydrogens is 200 g/mol. The normalized spacial score (nSPS) is 10.6. The Kier molecular flexibility index (Phi) is 5.34. The summed E-state index contributed by atoms with van der Waals surface area (Å²) in [5.41, 5.74) is 1.72. The van der Waals surface area contributed by atoms with E-state index in [1.165, 1.54) is 0 Å². The zero-order chi connectivity index (χ0) is 11.8. The van der Waals surface area contributed by atoms with Crippen LogP contribution in [0.15, 0.2) is 30.3 Å². The minimum absolute atomic E-state index is 0.258. The van der Waals surface area contributed by atoms with Crippen molar-refractivity contribution in [3.05, 3.63) is 41.5 Å². The highest BCUT2D eigenvalue weighted by molar-refractivity contribution is 5.89. The summed E-state index contributed by atoms with van der Waals surface area (Å²) in [6.45, 7) is 4.37. The molecule has 0 atom stereocenters. The van der Waals surface area contributed by atoms with Crippen LogP contribution in [-0.4, -0.2) is 12.6 Å². The third-order valence-electron chi connectivity index (χ3n) is 2.19. The van der Waals surface area contributed by atoms with E-state index in [0.29, 0.717) is 12.2 Å². The van der Waals surface area contributed by atoms with Crippen molar-refractivity contribution < 1.29 is 9.53 Å². The molecule has 0 heterocycles. The summed E-state index contributed by atoms with van der Waals surface area (Å²) >= 11 is 0. The molecule has 1 aromatic rings. The number of hydrogen-bond acceptors (Lipinski definition) is 2. The molecule has 0 spiro atoms. The van der Waals surface area contributed by atoms with Gasteiger partial charge in [-0.25, -0.2) is 4.79 Å². The summed E-state index contributed by atoms with van der Waals surface area (Å²) in [7, 11) is 0. The van der Waals surface area contributed by atoms with Crippen LogP contribution >= 0.6 is 0 Å². The van der Waals surface area contributed by atoms with Gasteiger partial charge in [0.1, 0.15) is 0 Å². The number of allylic oxidation sites excluding steroid dienone is 1. The van der Waals surface area contributed by atoms with E-state index in [4.69, 9.17) is 4.74 Å². The van der Waals surface area contributed by atoms with Gasteiger partial charge in [-0.05, 0) is 31.0 Å². The molecule has 1 aromatic carbocycles. The van der Waals surface area contributed by atoms with E-state index in [0.717, 1.165) is 18.4 Å². The van der Waals surface area contributed by atoms with Gasteiger partial charge in [-0.15, -0.1) is 0 Å². The Labute approximate surface area is 96.9 Å². The van der Waals surface area contributed by atoms with Gasteiger partial charge in [0, 0.05) is 0 Å². The monoisotopic (exact) mass is 218 g/mol. The summed E-state index contributed by atoms with van der Waals surface area (Å²) in [5.74, 6) is -0.258. The fraction of sp³-hybridized carbons (Fsp3) is 0.357. The van der Waals surface area contributed by atoms with Gasteiger partial charge in [-0.1, -0.05) is 37.6 Å². The Balaban J connectivity index is 2.64. The minimum Gasteiger partial charge on any atom is -0.462 e. The highest BCUT2D eigenvalue weighted by Crippen LogP contribution is 2.08. The number of unbranched alkanes of at least 4 members (excludes halogenated alkanes) is 1. The molecule has 0 aromatic heterocycles. The van der Waals surface area contributed by atoms with E-state index in [-0.39, 0.29) is 5.97 Å². The first kappa shape index (κ1) is 12.5. The molecule has 0 unspecified atom stereocenters. The second-order valence-corrected chi connectivity index (χ2v) is 3.53. The molecule has 16 heavy (non-hydrogen) atoms. The van der Waals surface area contributed by atoms with E-state index in [1.807, 2.05) is 12.1 Å². The Bertz CT molecular complexity index is 350. The number of rotatable bonds is 5. The van der Waals surface area contributed by atoms with Crippen molar-refractivity contribution in [2.45, 2.75) is 26.7 Å². The molecule has 0 saturated carbocycles. The van der Waals surface area contributed by atoms with Crippen LogP contribution in [0.2, 0.25) is 0 Å². The third-order valence-corrected chi connectivity index (χ3v) is 2.19. The lowest BCUT2D eigenvalue weighted by molar-refractivity contribution is 0.0526. The molecule has 2 nitrogen and oxygen atoms in total. The van der Waals surface area contributed by atoms with Gasteiger partial charge in [-0.3, -0.25) is 0 Å². The molecule has 1 rings (SSSR count). The van der Waals surface area contributed by atoms with Gasteiger partial charge in [0.25, 0.3) is 0 Å². The van der Waals surface area contributed by atoms with Crippen LogP contribution in [-0.2, 0) is 4.74 Å². The quantitative estimate of drug-likeness (QED) is 0.705. The fourth-order valence-corrected chi connectivity index (χ4v) is 1.33. The van der Waals surface area contributed by atoms with Gasteiger partial charge in [0.15, 0.2) is 0 Å². The Morgan fingerprint density at radius 1 is 1.25 bits per heavy atom. The first-order valence-electron chi connectivity index (χ1n) is 5.71. The number of benzene rings is 1. The number of carbonyl (C=O) groups excluding carboxylic acids is 1. The SMILES string of the molecule is CCC/C=C/c1ccc(C(=O)OCC)cc1. The van der Waals surface area contributed by atoms with Crippen molar-refractivity contribution in [3.8, 4) is 0 Å². The molecule has 0 bridgehead atoms. The standard InChI is InChI=1S/C14H18O2/c1-3-5-6-7-12-8-10-13(11-9-12)14(15)16-4-2/h6-11H,3-5H2,1-2H3/b7-6+. The van der Waals surface area contributed by atoms with Crippen LogP contribution in [0, 0.1) is 0 Å². The molecule has 0 fully saturated rings. The predicted octanol–water partition coefficient (Wildman–Crippen LogP) is 3.68. The lowest BCUT2D eigenvalue weighted by Crippen LogP contribution is -2.03. The lowest BCUT2D eigenvalue weighted by atomic mass is 10.1. The summed E-state index contributed by atoms with van der Waals surface area (Å²) in [6, 6.07) is 7.45. The molecule has 0 aliphatic rings. The highest BCUT2D eigenvalue weighted by Gasteiger charge is 2.04. The van der Waals surface area contributed by atoms with Crippen molar-refractivity contribution in [2.24, 2.45) is 0 Å². The molecule has 86 valence electrons. The average Bonchev–Trinajstić information content (AvgIpc) is 2.30. The van der Waals surface area contributed by atoms with Crippen molar-refractivity contribution >= 4 is 12.0 Å². The van der Waals surface area contributed by atoms with Crippen LogP contribution in [0.4, 0.5) is 0 Å². The summed E-state index contributed by atoms with van der Waals surface area (Å²) in [6.07, 6.45) is 6.44. The van der Waals surface area contributed by atoms with E-state index in [1.54, 1.807) is 19.1 Å². The molecule has 0 aliphatic heterocycles. The maximum absolute atomic E-state index is 11.4. The van der Waals surface area contributed by atoms with Crippen LogP contribution in [0.3, 0.4) is 0 Å². The number of ether oxygens (including phenoxy) is 1. The molecule has 0 aliphatic carbocycles. The van der Waals surface area contributed by atoms with Crippen LogP contribution in [0.25, 0.3) is 6.08 Å². The van der Waals surface area contributed by atoms with E-state index < -0.39 is 0 Å². The molecule has 0 N–H and O–H groups in total. The Morgan fingerprint density at radius 2 is 1.94 bits per heavy atom. The fourth-order valence-electron chi connectivity index (χ4n) is 1.33. The van der Waals surface area contributed by atoms with Crippen molar-refractivity contribution in [1.82, 2.24) is 0 Å². The van der Waals surface area contributed by atoms with Crippen molar-refractivity contribution in [2.75, 3.05) is 6.61 Å². The number of hydrogen-bond donors (Lipinski definition) is 0. The van der Waals surface area contributed by atoms with E-state index in [9.17, 15) is 4.79 Å². The first-order valence-corrected chi connectivity index (χ1v) is 5.71.